The van der Waals surface area contributed by atoms with Gasteiger partial charge in [0.15, 0.2) is 0 Å². The molecule has 0 saturated carbocycles. The summed E-state index contributed by atoms with van der Waals surface area (Å²) in [7, 11) is 0. The molecule has 76 valence electrons. The highest BCUT2D eigenvalue weighted by molar-refractivity contribution is 5.66. The molecule has 13 heavy (non-hydrogen) atoms. The molecule has 1 unspecified atom stereocenters. The van der Waals surface area contributed by atoms with Crippen LogP contribution in [0.2, 0.25) is 0 Å². The first-order valence-electron chi connectivity index (χ1n) is 3.92. The maximum atomic E-state index is 10.5. The van der Waals surface area contributed by atoms with Crippen molar-refractivity contribution in [3.05, 3.63) is 0 Å². The lowest BCUT2D eigenvalue weighted by molar-refractivity contribution is -0.156. The first-order chi connectivity index (χ1) is 5.93. The summed E-state index contributed by atoms with van der Waals surface area (Å²) in [5.74, 6) is -0.955. The van der Waals surface area contributed by atoms with Crippen molar-refractivity contribution in [3.8, 4) is 0 Å². The molecule has 2 atom stereocenters. The van der Waals surface area contributed by atoms with E-state index in [-0.39, 0.29) is 6.61 Å². The van der Waals surface area contributed by atoms with Crippen LogP contribution in [0.25, 0.3) is 0 Å². The summed E-state index contributed by atoms with van der Waals surface area (Å²) < 4.78 is 9.19. The minimum atomic E-state index is -0.979. The number of aliphatic hydroxyl groups is 1. The van der Waals surface area contributed by atoms with Crippen LogP contribution in [-0.4, -0.2) is 35.9 Å². The second-order valence-corrected chi connectivity index (χ2v) is 2.68. The van der Waals surface area contributed by atoms with E-state index in [4.69, 9.17) is 0 Å². The maximum Gasteiger partial charge on any atom is 0.302 e. The van der Waals surface area contributed by atoms with E-state index in [9.17, 15) is 14.7 Å². The quantitative estimate of drug-likeness (QED) is 0.625. The summed E-state index contributed by atoms with van der Waals surface area (Å²) in [6.45, 7) is 3.84. The van der Waals surface area contributed by atoms with Gasteiger partial charge in [-0.1, -0.05) is 0 Å². The SMILES string of the molecule is CC(=O)OCC(O)[C@H](C)OC(C)=O. The standard InChI is InChI=1S/C8H14O5/c1-5(13-7(3)10)8(11)4-12-6(2)9/h5,8,11H,4H2,1-3H3/t5-,8?/m0/s1. The molecule has 0 aliphatic heterocycles. The number of ether oxygens (including phenoxy) is 2. The predicted molar refractivity (Wildman–Crippen MR) is 43.9 cm³/mol. The van der Waals surface area contributed by atoms with E-state index in [0.717, 1.165) is 0 Å². The van der Waals surface area contributed by atoms with Crippen molar-refractivity contribution < 1.29 is 24.2 Å². The van der Waals surface area contributed by atoms with Crippen LogP contribution in [0.4, 0.5) is 0 Å². The Hall–Kier alpha value is -1.10. The largest absolute Gasteiger partial charge is 0.463 e. The molecule has 0 heterocycles. The first-order valence-corrected chi connectivity index (χ1v) is 3.92. The summed E-state index contributed by atoms with van der Waals surface area (Å²) in [5, 5.41) is 9.26. The van der Waals surface area contributed by atoms with Gasteiger partial charge < -0.3 is 14.6 Å². The summed E-state index contributed by atoms with van der Waals surface area (Å²) in [5.41, 5.74) is 0. The van der Waals surface area contributed by atoms with E-state index in [1.54, 1.807) is 0 Å². The summed E-state index contributed by atoms with van der Waals surface area (Å²) in [4.78, 5) is 20.8. The Morgan fingerprint density at radius 2 is 1.85 bits per heavy atom. The van der Waals surface area contributed by atoms with Gasteiger partial charge in [-0.15, -0.1) is 0 Å². The average Bonchev–Trinajstić information content (AvgIpc) is 1.98. The highest BCUT2D eigenvalue weighted by Crippen LogP contribution is 2.00. The van der Waals surface area contributed by atoms with Crippen LogP contribution in [0.1, 0.15) is 20.8 Å². The second-order valence-electron chi connectivity index (χ2n) is 2.68. The van der Waals surface area contributed by atoms with Crippen LogP contribution in [0, 0.1) is 0 Å². The zero-order valence-corrected chi connectivity index (χ0v) is 7.94. The molecule has 0 amide bonds. The Morgan fingerprint density at radius 1 is 1.31 bits per heavy atom. The molecule has 0 bridgehead atoms. The van der Waals surface area contributed by atoms with Crippen molar-refractivity contribution >= 4 is 11.9 Å². The third-order valence-corrected chi connectivity index (χ3v) is 1.35. The molecule has 0 spiro atoms. The molecule has 1 N–H and O–H groups in total. The van der Waals surface area contributed by atoms with Crippen LogP contribution in [0.15, 0.2) is 0 Å². The third kappa shape index (κ3) is 6.10. The number of hydrogen-bond acceptors (Lipinski definition) is 5. The van der Waals surface area contributed by atoms with Gasteiger partial charge in [0.05, 0.1) is 0 Å². The second kappa shape index (κ2) is 5.53. The molecule has 0 rings (SSSR count). The zero-order chi connectivity index (χ0) is 10.4. The van der Waals surface area contributed by atoms with E-state index in [2.05, 4.69) is 9.47 Å². The Bertz CT molecular complexity index is 189. The molecule has 0 aliphatic carbocycles. The first kappa shape index (κ1) is 11.9. The van der Waals surface area contributed by atoms with Crippen LogP contribution < -0.4 is 0 Å². The zero-order valence-electron chi connectivity index (χ0n) is 7.94. The normalized spacial score (nSPS) is 14.5. The van der Waals surface area contributed by atoms with Gasteiger partial charge in [-0.3, -0.25) is 9.59 Å². The van der Waals surface area contributed by atoms with Gasteiger partial charge in [-0.25, -0.2) is 0 Å². The van der Waals surface area contributed by atoms with Gasteiger partial charge in [0.2, 0.25) is 0 Å². The fourth-order valence-corrected chi connectivity index (χ4v) is 0.679. The minimum absolute atomic E-state index is 0.163. The molecule has 0 saturated heterocycles. The van der Waals surface area contributed by atoms with Crippen LogP contribution in [0.5, 0.6) is 0 Å². The van der Waals surface area contributed by atoms with Gasteiger partial charge in [-0.05, 0) is 6.92 Å². The Morgan fingerprint density at radius 3 is 2.23 bits per heavy atom. The number of hydrogen-bond donors (Lipinski definition) is 1. The van der Waals surface area contributed by atoms with E-state index in [1.807, 2.05) is 0 Å². The molecule has 0 fully saturated rings. The van der Waals surface area contributed by atoms with E-state index in [1.165, 1.54) is 20.8 Å². The topological polar surface area (TPSA) is 72.8 Å². The highest BCUT2D eigenvalue weighted by atomic mass is 16.6. The Kier molecular flexibility index (Phi) is 5.06. The number of carbonyl (C=O) groups excluding carboxylic acids is 2. The van der Waals surface area contributed by atoms with Gasteiger partial charge in [-0.2, -0.15) is 0 Å². The molecule has 0 aromatic rings. The van der Waals surface area contributed by atoms with Crippen molar-refractivity contribution in [2.75, 3.05) is 6.61 Å². The number of aliphatic hydroxyl groups excluding tert-OH is 1. The van der Waals surface area contributed by atoms with Crippen LogP contribution in [-0.2, 0) is 19.1 Å². The van der Waals surface area contributed by atoms with E-state index < -0.39 is 24.1 Å². The minimum Gasteiger partial charge on any atom is -0.463 e. The van der Waals surface area contributed by atoms with Crippen LogP contribution >= 0.6 is 0 Å². The van der Waals surface area contributed by atoms with E-state index >= 15 is 0 Å². The lowest BCUT2D eigenvalue weighted by Gasteiger charge is -2.17. The van der Waals surface area contributed by atoms with E-state index in [0.29, 0.717) is 0 Å². The smallest absolute Gasteiger partial charge is 0.302 e. The van der Waals surface area contributed by atoms with Crippen molar-refractivity contribution in [1.29, 1.82) is 0 Å². The summed E-state index contributed by atoms with van der Waals surface area (Å²) in [6, 6.07) is 0. The van der Waals surface area contributed by atoms with Crippen molar-refractivity contribution in [3.63, 3.8) is 0 Å². The lowest BCUT2D eigenvalue weighted by atomic mass is 10.2. The monoisotopic (exact) mass is 190 g/mol. The lowest BCUT2D eigenvalue weighted by Crippen LogP contribution is -2.32. The molecular weight excluding hydrogens is 176 g/mol. The average molecular weight is 190 g/mol. The fraction of sp³-hybridized carbons (Fsp3) is 0.750. The highest BCUT2D eigenvalue weighted by Gasteiger charge is 2.17. The van der Waals surface area contributed by atoms with Crippen molar-refractivity contribution in [2.24, 2.45) is 0 Å². The third-order valence-electron chi connectivity index (χ3n) is 1.35. The number of rotatable bonds is 4. The Balaban J connectivity index is 3.75. The summed E-state index contributed by atoms with van der Waals surface area (Å²) >= 11 is 0. The molecule has 0 aromatic heterocycles. The molecule has 5 heteroatoms. The Labute approximate surface area is 76.6 Å². The van der Waals surface area contributed by atoms with Gasteiger partial charge in [0.25, 0.3) is 0 Å². The van der Waals surface area contributed by atoms with Gasteiger partial charge in [0.1, 0.15) is 18.8 Å². The van der Waals surface area contributed by atoms with Crippen molar-refractivity contribution in [1.82, 2.24) is 0 Å². The molecule has 0 aliphatic rings. The van der Waals surface area contributed by atoms with Gasteiger partial charge in [0, 0.05) is 13.8 Å². The maximum absolute atomic E-state index is 10.5. The van der Waals surface area contributed by atoms with Gasteiger partial charge >= 0.3 is 11.9 Å². The molecular formula is C8H14O5. The summed E-state index contributed by atoms with van der Waals surface area (Å²) in [6.07, 6.45) is -1.65. The number of esters is 2. The molecule has 5 nitrogen and oxygen atoms in total. The molecule has 0 aromatic carbocycles. The fourth-order valence-electron chi connectivity index (χ4n) is 0.679. The van der Waals surface area contributed by atoms with Crippen molar-refractivity contribution in [2.45, 2.75) is 33.0 Å². The predicted octanol–water partition coefficient (Wildman–Crippen LogP) is -0.138. The number of carbonyl (C=O) groups is 2. The van der Waals surface area contributed by atoms with Crippen LogP contribution in [0.3, 0.4) is 0 Å². The molecule has 0 radical (unpaired) electrons.